The first-order valence-electron chi connectivity index (χ1n) is 6.18. The zero-order valence-electron chi connectivity index (χ0n) is 10.1. The third-order valence-corrected chi connectivity index (χ3v) is 3.18. The van der Waals surface area contributed by atoms with Gasteiger partial charge in [0.15, 0.2) is 0 Å². The SMILES string of the molecule is C[C@@H](NC(=O)CC1CCCN1)c1ccncc1. The maximum atomic E-state index is 11.8. The van der Waals surface area contributed by atoms with Crippen LogP contribution in [0.2, 0.25) is 0 Å². The van der Waals surface area contributed by atoms with Crippen LogP contribution in [0, 0.1) is 0 Å². The molecule has 1 aromatic heterocycles. The van der Waals surface area contributed by atoms with E-state index in [4.69, 9.17) is 0 Å². The lowest BCUT2D eigenvalue weighted by atomic mass is 10.1. The Morgan fingerprint density at radius 3 is 3.00 bits per heavy atom. The van der Waals surface area contributed by atoms with Crippen molar-refractivity contribution in [3.8, 4) is 0 Å². The molecule has 1 saturated heterocycles. The summed E-state index contributed by atoms with van der Waals surface area (Å²) in [5.41, 5.74) is 1.09. The Bertz CT molecular complexity index is 360. The Hall–Kier alpha value is -1.42. The van der Waals surface area contributed by atoms with Crippen molar-refractivity contribution in [3.05, 3.63) is 30.1 Å². The summed E-state index contributed by atoms with van der Waals surface area (Å²) in [6, 6.07) is 4.27. The third-order valence-electron chi connectivity index (χ3n) is 3.18. The molecule has 17 heavy (non-hydrogen) atoms. The lowest BCUT2D eigenvalue weighted by Crippen LogP contribution is -2.33. The third kappa shape index (κ3) is 3.53. The minimum Gasteiger partial charge on any atom is -0.350 e. The van der Waals surface area contributed by atoms with Gasteiger partial charge in [-0.25, -0.2) is 0 Å². The minimum atomic E-state index is 0.0481. The van der Waals surface area contributed by atoms with E-state index in [2.05, 4.69) is 15.6 Å². The molecule has 0 bridgehead atoms. The summed E-state index contributed by atoms with van der Waals surface area (Å²) in [7, 11) is 0. The van der Waals surface area contributed by atoms with Crippen LogP contribution in [0.5, 0.6) is 0 Å². The zero-order chi connectivity index (χ0) is 12.1. The minimum absolute atomic E-state index is 0.0481. The molecule has 0 spiro atoms. The van der Waals surface area contributed by atoms with Crippen molar-refractivity contribution < 1.29 is 4.79 Å². The van der Waals surface area contributed by atoms with Crippen molar-refractivity contribution in [3.63, 3.8) is 0 Å². The maximum absolute atomic E-state index is 11.8. The lowest BCUT2D eigenvalue weighted by molar-refractivity contribution is -0.122. The summed E-state index contributed by atoms with van der Waals surface area (Å²) in [5, 5.41) is 6.35. The summed E-state index contributed by atoms with van der Waals surface area (Å²) in [6.45, 7) is 3.03. The van der Waals surface area contributed by atoms with Crippen molar-refractivity contribution in [2.75, 3.05) is 6.54 Å². The van der Waals surface area contributed by atoms with Crippen molar-refractivity contribution in [1.82, 2.24) is 15.6 Å². The second kappa shape index (κ2) is 5.77. The standard InChI is InChI=1S/C13H19N3O/c1-10(11-4-7-14-8-5-11)16-13(17)9-12-3-2-6-15-12/h4-5,7-8,10,12,15H,2-3,6,9H2,1H3,(H,16,17)/t10-,12?/m1/s1. The number of pyridine rings is 1. The van der Waals surface area contributed by atoms with Crippen LogP contribution in [0.25, 0.3) is 0 Å². The van der Waals surface area contributed by atoms with E-state index in [1.165, 1.54) is 6.42 Å². The van der Waals surface area contributed by atoms with E-state index in [0.717, 1.165) is 18.5 Å². The largest absolute Gasteiger partial charge is 0.350 e. The number of rotatable bonds is 4. The van der Waals surface area contributed by atoms with Gasteiger partial charge >= 0.3 is 0 Å². The summed E-state index contributed by atoms with van der Waals surface area (Å²) >= 11 is 0. The molecule has 1 aromatic rings. The van der Waals surface area contributed by atoms with Crippen LogP contribution in [0.3, 0.4) is 0 Å². The molecule has 0 aliphatic carbocycles. The van der Waals surface area contributed by atoms with Crippen molar-refractivity contribution in [2.45, 2.75) is 38.3 Å². The Labute approximate surface area is 102 Å². The predicted octanol–water partition coefficient (Wildman–Crippen LogP) is 1.40. The number of hydrogen-bond donors (Lipinski definition) is 2. The van der Waals surface area contributed by atoms with Gasteiger partial charge in [-0.2, -0.15) is 0 Å². The number of nitrogens with one attached hydrogen (secondary N) is 2. The number of carbonyl (C=O) groups excluding carboxylic acids is 1. The highest BCUT2D eigenvalue weighted by molar-refractivity contribution is 5.77. The molecular weight excluding hydrogens is 214 g/mol. The summed E-state index contributed by atoms with van der Waals surface area (Å²) in [6.07, 6.45) is 6.36. The van der Waals surface area contributed by atoms with E-state index in [-0.39, 0.29) is 11.9 Å². The molecule has 2 rings (SSSR count). The molecule has 2 atom stereocenters. The molecule has 2 heterocycles. The molecule has 0 saturated carbocycles. The molecule has 1 aliphatic heterocycles. The first kappa shape index (κ1) is 12.0. The predicted molar refractivity (Wildman–Crippen MR) is 66.4 cm³/mol. The number of amides is 1. The van der Waals surface area contributed by atoms with Crippen LogP contribution < -0.4 is 10.6 Å². The first-order chi connectivity index (χ1) is 8.25. The number of nitrogens with zero attached hydrogens (tertiary/aromatic N) is 1. The van der Waals surface area contributed by atoms with Crippen LogP contribution in [0.15, 0.2) is 24.5 Å². The second-order valence-corrected chi connectivity index (χ2v) is 4.57. The van der Waals surface area contributed by atoms with Crippen LogP contribution in [0.4, 0.5) is 0 Å². The molecule has 1 amide bonds. The zero-order valence-corrected chi connectivity index (χ0v) is 10.1. The quantitative estimate of drug-likeness (QED) is 0.826. The molecular formula is C13H19N3O. The van der Waals surface area contributed by atoms with Crippen molar-refractivity contribution in [2.24, 2.45) is 0 Å². The highest BCUT2D eigenvalue weighted by Crippen LogP contribution is 2.12. The van der Waals surface area contributed by atoms with E-state index >= 15 is 0 Å². The van der Waals surface area contributed by atoms with Crippen LogP contribution in [0.1, 0.15) is 37.8 Å². The van der Waals surface area contributed by atoms with E-state index in [9.17, 15) is 4.79 Å². The first-order valence-corrected chi connectivity index (χ1v) is 6.18. The van der Waals surface area contributed by atoms with E-state index in [0.29, 0.717) is 12.5 Å². The Morgan fingerprint density at radius 2 is 2.35 bits per heavy atom. The molecule has 4 heteroatoms. The van der Waals surface area contributed by atoms with Crippen LogP contribution in [-0.2, 0) is 4.79 Å². The molecule has 1 aliphatic rings. The average molecular weight is 233 g/mol. The summed E-state index contributed by atoms with van der Waals surface area (Å²) in [5.74, 6) is 0.119. The molecule has 4 nitrogen and oxygen atoms in total. The Balaban J connectivity index is 1.81. The molecule has 1 unspecified atom stereocenters. The maximum Gasteiger partial charge on any atom is 0.222 e. The van der Waals surface area contributed by atoms with Gasteiger partial charge < -0.3 is 10.6 Å². The van der Waals surface area contributed by atoms with Gasteiger partial charge in [0.25, 0.3) is 0 Å². The van der Waals surface area contributed by atoms with Crippen molar-refractivity contribution in [1.29, 1.82) is 0 Å². The van der Waals surface area contributed by atoms with E-state index in [1.807, 2.05) is 19.1 Å². The van der Waals surface area contributed by atoms with Gasteiger partial charge in [-0.3, -0.25) is 9.78 Å². The fourth-order valence-corrected chi connectivity index (χ4v) is 2.19. The lowest BCUT2D eigenvalue weighted by Gasteiger charge is -2.16. The fourth-order valence-electron chi connectivity index (χ4n) is 2.19. The van der Waals surface area contributed by atoms with Gasteiger partial charge in [0.1, 0.15) is 0 Å². The van der Waals surface area contributed by atoms with Crippen LogP contribution in [-0.4, -0.2) is 23.5 Å². The fraction of sp³-hybridized carbons (Fsp3) is 0.538. The molecule has 2 N–H and O–H groups in total. The molecule has 1 fully saturated rings. The average Bonchev–Trinajstić information content (AvgIpc) is 2.82. The van der Waals surface area contributed by atoms with Crippen molar-refractivity contribution >= 4 is 5.91 Å². The monoisotopic (exact) mass is 233 g/mol. The number of carbonyl (C=O) groups is 1. The van der Waals surface area contributed by atoms with Gasteiger partial charge in [0, 0.05) is 24.9 Å². The highest BCUT2D eigenvalue weighted by atomic mass is 16.1. The Kier molecular flexibility index (Phi) is 4.09. The van der Waals surface area contributed by atoms with E-state index < -0.39 is 0 Å². The number of hydrogen-bond acceptors (Lipinski definition) is 3. The summed E-state index contributed by atoms with van der Waals surface area (Å²) < 4.78 is 0. The van der Waals surface area contributed by atoms with Gasteiger partial charge in [-0.05, 0) is 44.0 Å². The smallest absolute Gasteiger partial charge is 0.222 e. The normalized spacial score (nSPS) is 21.1. The van der Waals surface area contributed by atoms with Gasteiger partial charge in [0.05, 0.1) is 6.04 Å². The van der Waals surface area contributed by atoms with Gasteiger partial charge in [-0.1, -0.05) is 0 Å². The topological polar surface area (TPSA) is 54.0 Å². The highest BCUT2D eigenvalue weighted by Gasteiger charge is 2.18. The summed E-state index contributed by atoms with van der Waals surface area (Å²) in [4.78, 5) is 15.8. The molecule has 0 aromatic carbocycles. The van der Waals surface area contributed by atoms with Crippen LogP contribution >= 0.6 is 0 Å². The molecule has 92 valence electrons. The van der Waals surface area contributed by atoms with Gasteiger partial charge in [0.2, 0.25) is 5.91 Å². The van der Waals surface area contributed by atoms with E-state index in [1.54, 1.807) is 12.4 Å². The Morgan fingerprint density at radius 1 is 1.59 bits per heavy atom. The molecule has 0 radical (unpaired) electrons. The number of aromatic nitrogens is 1. The van der Waals surface area contributed by atoms with Gasteiger partial charge in [-0.15, -0.1) is 0 Å². The second-order valence-electron chi connectivity index (χ2n) is 4.57.